The number of halogens is 1. The lowest BCUT2D eigenvalue weighted by Gasteiger charge is -2.37. The molecule has 1 aliphatic rings. The predicted octanol–water partition coefficient (Wildman–Crippen LogP) is 2.70. The van der Waals surface area contributed by atoms with Crippen LogP contribution in [0.1, 0.15) is 0 Å². The Balaban J connectivity index is 1.67. The summed E-state index contributed by atoms with van der Waals surface area (Å²) >= 11 is 6.37. The van der Waals surface area contributed by atoms with Crippen LogP contribution in [0.3, 0.4) is 0 Å². The molecule has 120 valence electrons. The topological polar surface area (TPSA) is 64.0 Å². The zero-order valence-corrected chi connectivity index (χ0v) is 13.3. The molecule has 1 aliphatic heterocycles. The van der Waals surface area contributed by atoms with Crippen molar-refractivity contribution in [2.24, 2.45) is 4.99 Å². The van der Waals surface area contributed by atoms with Crippen LogP contribution in [0, 0.1) is 0 Å². The van der Waals surface area contributed by atoms with E-state index in [-0.39, 0.29) is 0 Å². The molecule has 23 heavy (non-hydrogen) atoms. The number of aliphatic imine (C=N–C) groups is 1. The normalized spacial score (nSPS) is 15.2. The van der Waals surface area contributed by atoms with E-state index in [1.165, 1.54) is 6.34 Å². The molecule has 1 aromatic carbocycles. The average Bonchev–Trinajstić information content (AvgIpc) is 2.61. The number of rotatable bonds is 4. The Morgan fingerprint density at radius 1 is 1.13 bits per heavy atom. The summed E-state index contributed by atoms with van der Waals surface area (Å²) in [6, 6.07) is 11.6. The number of nitrogens with zero attached hydrogens (tertiary/aromatic N) is 4. The van der Waals surface area contributed by atoms with Crippen molar-refractivity contribution in [1.29, 1.82) is 0 Å². The van der Waals surface area contributed by atoms with Gasteiger partial charge in [0, 0.05) is 32.4 Å². The third kappa shape index (κ3) is 3.72. The van der Waals surface area contributed by atoms with Crippen LogP contribution >= 0.6 is 11.6 Å². The number of pyridine rings is 1. The molecule has 7 heteroatoms. The maximum absolute atomic E-state index is 8.52. The Bertz CT molecular complexity index is 671. The van der Waals surface area contributed by atoms with Gasteiger partial charge in [-0.15, -0.1) is 0 Å². The summed E-state index contributed by atoms with van der Waals surface area (Å²) in [6.07, 6.45) is 3.02. The second-order valence-corrected chi connectivity index (χ2v) is 5.59. The molecule has 0 amide bonds. The van der Waals surface area contributed by atoms with Gasteiger partial charge in [0.15, 0.2) is 0 Å². The standard InChI is InChI=1S/C16H18ClN5O/c17-14-11-13(19-12-20-23)4-5-15(14)21-7-9-22(10-8-21)16-3-1-2-6-18-16/h1-6,11-12,23H,7-10H2,(H,19,20). The molecule has 1 saturated heterocycles. The third-order valence-corrected chi connectivity index (χ3v) is 4.10. The van der Waals surface area contributed by atoms with Crippen molar-refractivity contribution in [3.63, 3.8) is 0 Å². The first-order valence-corrected chi connectivity index (χ1v) is 7.78. The van der Waals surface area contributed by atoms with E-state index in [1.807, 2.05) is 42.0 Å². The lowest BCUT2D eigenvalue weighted by atomic mass is 10.2. The molecule has 1 fully saturated rings. The quantitative estimate of drug-likeness (QED) is 0.512. The van der Waals surface area contributed by atoms with Gasteiger partial charge in [0.05, 0.1) is 16.4 Å². The molecule has 0 spiro atoms. The maximum Gasteiger partial charge on any atom is 0.128 e. The van der Waals surface area contributed by atoms with Gasteiger partial charge in [-0.25, -0.2) is 9.98 Å². The highest BCUT2D eigenvalue weighted by Gasteiger charge is 2.19. The van der Waals surface area contributed by atoms with Gasteiger partial charge in [-0.1, -0.05) is 17.7 Å². The van der Waals surface area contributed by atoms with Crippen molar-refractivity contribution >= 4 is 35.1 Å². The Labute approximate surface area is 140 Å². The molecule has 6 nitrogen and oxygen atoms in total. The largest absolute Gasteiger partial charge is 0.367 e. The van der Waals surface area contributed by atoms with Crippen molar-refractivity contribution in [2.45, 2.75) is 0 Å². The first-order valence-electron chi connectivity index (χ1n) is 7.40. The van der Waals surface area contributed by atoms with Crippen LogP contribution in [0.15, 0.2) is 47.6 Å². The number of anilines is 2. The van der Waals surface area contributed by atoms with E-state index in [0.717, 1.165) is 37.7 Å². The van der Waals surface area contributed by atoms with E-state index in [1.54, 1.807) is 6.07 Å². The number of hydroxylamine groups is 1. The second kappa shape index (κ2) is 7.30. The molecule has 0 radical (unpaired) electrons. The zero-order chi connectivity index (χ0) is 16.1. The summed E-state index contributed by atoms with van der Waals surface area (Å²) in [6.45, 7) is 3.58. The molecule has 3 rings (SSSR count). The number of benzene rings is 1. The van der Waals surface area contributed by atoms with Crippen LogP contribution < -0.4 is 15.3 Å². The van der Waals surface area contributed by atoms with Gasteiger partial charge in [-0.2, -0.15) is 0 Å². The molecule has 0 aliphatic carbocycles. The number of nitrogens with one attached hydrogen (secondary N) is 1. The van der Waals surface area contributed by atoms with E-state index in [9.17, 15) is 0 Å². The van der Waals surface area contributed by atoms with Gasteiger partial charge in [-0.3, -0.25) is 10.7 Å². The van der Waals surface area contributed by atoms with Gasteiger partial charge >= 0.3 is 0 Å². The number of piperazine rings is 1. The van der Waals surface area contributed by atoms with Crippen molar-refractivity contribution in [1.82, 2.24) is 10.5 Å². The smallest absolute Gasteiger partial charge is 0.128 e. The highest BCUT2D eigenvalue weighted by Crippen LogP contribution is 2.31. The number of hydrogen-bond acceptors (Lipinski definition) is 5. The molecule has 2 N–H and O–H groups in total. The lowest BCUT2D eigenvalue weighted by Crippen LogP contribution is -2.46. The Morgan fingerprint density at radius 2 is 1.91 bits per heavy atom. The molecule has 0 atom stereocenters. The highest BCUT2D eigenvalue weighted by molar-refractivity contribution is 6.33. The van der Waals surface area contributed by atoms with Crippen LogP contribution in [0.2, 0.25) is 5.02 Å². The monoisotopic (exact) mass is 331 g/mol. The maximum atomic E-state index is 8.52. The van der Waals surface area contributed by atoms with Crippen molar-refractivity contribution < 1.29 is 5.21 Å². The molecule has 0 bridgehead atoms. The Hall–Kier alpha value is -2.31. The van der Waals surface area contributed by atoms with Crippen molar-refractivity contribution in [2.75, 3.05) is 36.0 Å². The first kappa shape index (κ1) is 15.6. The van der Waals surface area contributed by atoms with Gasteiger partial charge < -0.3 is 9.80 Å². The number of hydrogen-bond donors (Lipinski definition) is 2. The van der Waals surface area contributed by atoms with E-state index < -0.39 is 0 Å². The van der Waals surface area contributed by atoms with E-state index in [2.05, 4.69) is 19.8 Å². The fraction of sp³-hybridized carbons (Fsp3) is 0.250. The van der Waals surface area contributed by atoms with Crippen LogP contribution in [0.5, 0.6) is 0 Å². The van der Waals surface area contributed by atoms with Crippen molar-refractivity contribution in [3.05, 3.63) is 47.6 Å². The molecule has 0 unspecified atom stereocenters. The minimum atomic E-state index is 0.656. The van der Waals surface area contributed by atoms with E-state index in [4.69, 9.17) is 16.8 Å². The van der Waals surface area contributed by atoms with Crippen LogP contribution in [-0.4, -0.2) is 42.7 Å². The van der Waals surface area contributed by atoms with Gasteiger partial charge in [0.25, 0.3) is 0 Å². The molecule has 1 aromatic heterocycles. The van der Waals surface area contributed by atoms with E-state index >= 15 is 0 Å². The molecule has 2 aromatic rings. The summed E-state index contributed by atoms with van der Waals surface area (Å²) in [5.41, 5.74) is 3.57. The fourth-order valence-electron chi connectivity index (χ4n) is 2.65. The summed E-state index contributed by atoms with van der Waals surface area (Å²) in [5, 5.41) is 9.18. The number of aromatic nitrogens is 1. The highest BCUT2D eigenvalue weighted by atomic mass is 35.5. The minimum absolute atomic E-state index is 0.656. The SMILES string of the molecule is ONC=Nc1ccc(N2CCN(c3ccccn3)CC2)c(Cl)c1. The second-order valence-electron chi connectivity index (χ2n) is 5.19. The Morgan fingerprint density at radius 3 is 2.57 bits per heavy atom. The molecule has 0 saturated carbocycles. The van der Waals surface area contributed by atoms with Crippen molar-refractivity contribution in [3.8, 4) is 0 Å². The third-order valence-electron chi connectivity index (χ3n) is 3.80. The zero-order valence-electron chi connectivity index (χ0n) is 12.6. The Kier molecular flexibility index (Phi) is 4.95. The summed E-state index contributed by atoms with van der Waals surface area (Å²) in [5.74, 6) is 1.01. The van der Waals surface area contributed by atoms with Gasteiger partial charge in [0.2, 0.25) is 0 Å². The van der Waals surface area contributed by atoms with Crippen LogP contribution in [0.25, 0.3) is 0 Å². The summed E-state index contributed by atoms with van der Waals surface area (Å²) < 4.78 is 0. The predicted molar refractivity (Wildman–Crippen MR) is 93.2 cm³/mol. The average molecular weight is 332 g/mol. The summed E-state index contributed by atoms with van der Waals surface area (Å²) in [4.78, 5) is 13.0. The summed E-state index contributed by atoms with van der Waals surface area (Å²) in [7, 11) is 0. The van der Waals surface area contributed by atoms with E-state index in [0.29, 0.717) is 10.7 Å². The molecular weight excluding hydrogens is 314 g/mol. The fourth-order valence-corrected chi connectivity index (χ4v) is 2.95. The van der Waals surface area contributed by atoms with Gasteiger partial charge in [-0.05, 0) is 30.3 Å². The first-order chi connectivity index (χ1) is 11.3. The van der Waals surface area contributed by atoms with Crippen LogP contribution in [0.4, 0.5) is 17.2 Å². The minimum Gasteiger partial charge on any atom is -0.367 e. The molecule has 2 heterocycles. The lowest BCUT2D eigenvalue weighted by molar-refractivity contribution is 0.240. The molecular formula is C16H18ClN5O. The van der Waals surface area contributed by atoms with Crippen LogP contribution in [-0.2, 0) is 0 Å². The van der Waals surface area contributed by atoms with Gasteiger partial charge in [0.1, 0.15) is 12.2 Å².